The highest BCUT2D eigenvalue weighted by atomic mass is 16.5. The van der Waals surface area contributed by atoms with Crippen molar-refractivity contribution in [1.29, 1.82) is 5.41 Å². The number of ether oxygens (including phenoxy) is 1. The number of hydrogen-bond donors (Lipinski definition) is 1. The molecule has 0 radical (unpaired) electrons. The van der Waals surface area contributed by atoms with Crippen molar-refractivity contribution in [3.8, 4) is 0 Å². The van der Waals surface area contributed by atoms with Crippen molar-refractivity contribution < 1.29 is 4.74 Å². The number of unbranched alkanes of at least 4 members (excludes halogenated alkanes) is 1. The van der Waals surface area contributed by atoms with Crippen molar-refractivity contribution in [2.24, 2.45) is 0 Å². The smallest absolute Gasteiger partial charge is 0.117 e. The topological polar surface area (TPSA) is 33.1 Å². The standard InChI is InChI=1S/C15H27NO/c1-6-9-10-14(15(8-3)17-5)13(7-2)11-12(4)16/h8,16H,6-7,9-11H2,1-5H3/b14-13-,15-8+,16-12?. The molecule has 0 aromatic rings. The maximum Gasteiger partial charge on any atom is 0.117 e. The third-order valence-electron chi connectivity index (χ3n) is 2.89. The lowest BCUT2D eigenvalue weighted by atomic mass is 9.94. The largest absolute Gasteiger partial charge is 0.497 e. The Kier molecular flexibility index (Phi) is 8.47. The van der Waals surface area contributed by atoms with E-state index in [0.717, 1.165) is 30.7 Å². The van der Waals surface area contributed by atoms with E-state index in [4.69, 9.17) is 10.1 Å². The molecule has 0 rings (SSSR count). The predicted molar refractivity (Wildman–Crippen MR) is 75.6 cm³/mol. The van der Waals surface area contributed by atoms with Gasteiger partial charge < -0.3 is 10.1 Å². The fourth-order valence-corrected chi connectivity index (χ4v) is 2.01. The lowest BCUT2D eigenvalue weighted by Crippen LogP contribution is -2.02. The Labute approximate surface area is 106 Å². The van der Waals surface area contributed by atoms with Gasteiger partial charge in [-0.2, -0.15) is 0 Å². The first kappa shape index (κ1) is 16.0. The molecule has 0 aromatic carbocycles. The van der Waals surface area contributed by atoms with Gasteiger partial charge in [0.25, 0.3) is 0 Å². The van der Waals surface area contributed by atoms with Gasteiger partial charge in [-0.1, -0.05) is 25.8 Å². The third-order valence-corrected chi connectivity index (χ3v) is 2.89. The molecule has 0 saturated carbocycles. The molecule has 2 heteroatoms. The van der Waals surface area contributed by atoms with Gasteiger partial charge in [0.15, 0.2) is 0 Å². The second-order valence-electron chi connectivity index (χ2n) is 4.35. The summed E-state index contributed by atoms with van der Waals surface area (Å²) in [6.07, 6.45) is 7.22. The number of allylic oxidation sites excluding steroid dienone is 3. The number of nitrogens with one attached hydrogen (secondary N) is 1. The van der Waals surface area contributed by atoms with Crippen LogP contribution >= 0.6 is 0 Å². The van der Waals surface area contributed by atoms with Gasteiger partial charge in [0.05, 0.1) is 7.11 Å². The van der Waals surface area contributed by atoms with Crippen LogP contribution in [0, 0.1) is 5.41 Å². The molecule has 1 N–H and O–H groups in total. The van der Waals surface area contributed by atoms with Crippen LogP contribution in [0.25, 0.3) is 0 Å². The molecule has 0 bridgehead atoms. The van der Waals surface area contributed by atoms with Gasteiger partial charge in [-0.05, 0) is 44.8 Å². The Hall–Kier alpha value is -1.05. The molecule has 0 atom stereocenters. The molecule has 17 heavy (non-hydrogen) atoms. The van der Waals surface area contributed by atoms with Gasteiger partial charge in [0.2, 0.25) is 0 Å². The number of hydrogen-bond acceptors (Lipinski definition) is 2. The monoisotopic (exact) mass is 237 g/mol. The zero-order chi connectivity index (χ0) is 13.3. The van der Waals surface area contributed by atoms with Crippen LogP contribution in [0.5, 0.6) is 0 Å². The van der Waals surface area contributed by atoms with E-state index < -0.39 is 0 Å². The van der Waals surface area contributed by atoms with Crippen molar-refractivity contribution in [3.05, 3.63) is 23.0 Å². The molecule has 0 aliphatic heterocycles. The van der Waals surface area contributed by atoms with E-state index in [2.05, 4.69) is 13.8 Å². The fraction of sp³-hybridized carbons (Fsp3) is 0.667. The van der Waals surface area contributed by atoms with E-state index in [1.54, 1.807) is 7.11 Å². The molecular formula is C15H27NO. The molecule has 0 fully saturated rings. The molecule has 98 valence electrons. The van der Waals surface area contributed by atoms with Crippen LogP contribution in [-0.4, -0.2) is 12.8 Å². The summed E-state index contributed by atoms with van der Waals surface area (Å²) in [5.41, 5.74) is 3.38. The van der Waals surface area contributed by atoms with Crippen molar-refractivity contribution in [1.82, 2.24) is 0 Å². The molecule has 0 aliphatic carbocycles. The Morgan fingerprint density at radius 1 is 1.29 bits per heavy atom. The summed E-state index contributed by atoms with van der Waals surface area (Å²) in [4.78, 5) is 0. The molecule has 0 aliphatic rings. The maximum absolute atomic E-state index is 7.66. The summed E-state index contributed by atoms with van der Waals surface area (Å²) < 4.78 is 5.46. The average molecular weight is 237 g/mol. The van der Waals surface area contributed by atoms with Gasteiger partial charge in [0, 0.05) is 12.1 Å². The molecule has 0 saturated heterocycles. The van der Waals surface area contributed by atoms with E-state index in [1.807, 2.05) is 19.9 Å². The number of methoxy groups -OCH3 is 1. The van der Waals surface area contributed by atoms with Crippen LogP contribution in [0.2, 0.25) is 0 Å². The van der Waals surface area contributed by atoms with Crippen molar-refractivity contribution in [3.63, 3.8) is 0 Å². The van der Waals surface area contributed by atoms with E-state index >= 15 is 0 Å². The van der Waals surface area contributed by atoms with Crippen LogP contribution in [0.3, 0.4) is 0 Å². The minimum atomic E-state index is 0.724. The first-order valence-corrected chi connectivity index (χ1v) is 6.56. The zero-order valence-corrected chi connectivity index (χ0v) is 12.0. The summed E-state index contributed by atoms with van der Waals surface area (Å²) in [5.74, 6) is 0.983. The highest BCUT2D eigenvalue weighted by Gasteiger charge is 2.11. The Bertz CT molecular complexity index is 300. The molecule has 0 spiro atoms. The Morgan fingerprint density at radius 2 is 1.94 bits per heavy atom. The molecule has 2 nitrogen and oxygen atoms in total. The van der Waals surface area contributed by atoms with E-state index in [9.17, 15) is 0 Å². The Balaban J connectivity index is 5.19. The fourth-order valence-electron chi connectivity index (χ4n) is 2.01. The summed E-state index contributed by atoms with van der Waals surface area (Å²) in [5, 5.41) is 7.66. The highest BCUT2D eigenvalue weighted by Crippen LogP contribution is 2.26. The molecular weight excluding hydrogens is 210 g/mol. The van der Waals surface area contributed by atoms with E-state index in [-0.39, 0.29) is 0 Å². The lowest BCUT2D eigenvalue weighted by molar-refractivity contribution is 0.296. The van der Waals surface area contributed by atoms with Crippen LogP contribution in [-0.2, 0) is 4.74 Å². The molecule has 0 unspecified atom stereocenters. The van der Waals surface area contributed by atoms with Crippen molar-refractivity contribution in [2.75, 3.05) is 7.11 Å². The second-order valence-corrected chi connectivity index (χ2v) is 4.35. The SMILES string of the molecule is C/C=C(OC)\C(CCCC)=C(\CC)CC(C)=N. The lowest BCUT2D eigenvalue weighted by Gasteiger charge is -2.16. The van der Waals surface area contributed by atoms with Crippen LogP contribution in [0.15, 0.2) is 23.0 Å². The molecule has 0 heterocycles. The quantitative estimate of drug-likeness (QED) is 0.365. The summed E-state index contributed by atoms with van der Waals surface area (Å²) in [6.45, 7) is 8.24. The molecule has 0 aromatic heterocycles. The van der Waals surface area contributed by atoms with Crippen molar-refractivity contribution in [2.45, 2.75) is 59.8 Å². The first-order valence-electron chi connectivity index (χ1n) is 6.56. The second kappa shape index (κ2) is 9.03. The van der Waals surface area contributed by atoms with Gasteiger partial charge in [-0.15, -0.1) is 0 Å². The van der Waals surface area contributed by atoms with Crippen LogP contribution in [0.1, 0.15) is 59.8 Å². The predicted octanol–water partition coefficient (Wildman–Crippen LogP) is 4.86. The van der Waals surface area contributed by atoms with Crippen LogP contribution < -0.4 is 0 Å². The summed E-state index contributed by atoms with van der Waals surface area (Å²) >= 11 is 0. The van der Waals surface area contributed by atoms with Gasteiger partial charge in [0.1, 0.15) is 5.76 Å². The zero-order valence-electron chi connectivity index (χ0n) is 12.0. The third kappa shape index (κ3) is 5.71. The minimum absolute atomic E-state index is 0.724. The van der Waals surface area contributed by atoms with E-state index in [1.165, 1.54) is 24.0 Å². The van der Waals surface area contributed by atoms with Gasteiger partial charge in [-0.25, -0.2) is 0 Å². The van der Waals surface area contributed by atoms with Crippen LogP contribution in [0.4, 0.5) is 0 Å². The van der Waals surface area contributed by atoms with Crippen molar-refractivity contribution >= 4 is 5.71 Å². The molecule has 0 amide bonds. The average Bonchev–Trinajstić information content (AvgIpc) is 2.31. The minimum Gasteiger partial charge on any atom is -0.497 e. The number of rotatable bonds is 8. The maximum atomic E-state index is 7.66. The summed E-state index contributed by atoms with van der Waals surface area (Å²) in [6, 6.07) is 0. The Morgan fingerprint density at radius 3 is 2.29 bits per heavy atom. The van der Waals surface area contributed by atoms with Gasteiger partial charge >= 0.3 is 0 Å². The van der Waals surface area contributed by atoms with E-state index in [0.29, 0.717) is 0 Å². The highest BCUT2D eigenvalue weighted by molar-refractivity contribution is 5.81. The summed E-state index contributed by atoms with van der Waals surface area (Å²) in [7, 11) is 1.73. The van der Waals surface area contributed by atoms with Gasteiger partial charge in [-0.3, -0.25) is 0 Å². The first-order chi connectivity index (χ1) is 8.10. The normalized spacial score (nSPS) is 13.4.